The maximum Gasteiger partial charge on any atom is 0.119 e. The van der Waals surface area contributed by atoms with E-state index >= 15 is 0 Å². The quantitative estimate of drug-likeness (QED) is 0.773. The minimum atomic E-state index is 0.358. The van der Waals surface area contributed by atoms with Gasteiger partial charge in [0.15, 0.2) is 0 Å². The van der Waals surface area contributed by atoms with Crippen LogP contribution in [0.5, 0.6) is 5.75 Å². The summed E-state index contributed by atoms with van der Waals surface area (Å²) >= 11 is 0. The zero-order valence-electron chi connectivity index (χ0n) is 14.0. The van der Waals surface area contributed by atoms with Crippen LogP contribution in [0.3, 0.4) is 0 Å². The molecule has 0 spiro atoms. The summed E-state index contributed by atoms with van der Waals surface area (Å²) in [5.41, 5.74) is 2.55. The Morgan fingerprint density at radius 1 is 0.909 bits per heavy atom. The predicted molar refractivity (Wildman–Crippen MR) is 93.8 cm³/mol. The number of anilines is 1. The number of hydrogen-bond donors (Lipinski definition) is 0. The Labute approximate surface area is 134 Å². The van der Waals surface area contributed by atoms with Gasteiger partial charge in [0.1, 0.15) is 5.75 Å². The molecule has 0 heterocycles. The van der Waals surface area contributed by atoms with Gasteiger partial charge in [-0.2, -0.15) is 0 Å². The Bertz CT molecular complexity index is 551. The van der Waals surface area contributed by atoms with Gasteiger partial charge in [-0.25, -0.2) is 0 Å². The van der Waals surface area contributed by atoms with Crippen molar-refractivity contribution in [1.29, 1.82) is 0 Å². The van der Waals surface area contributed by atoms with Crippen LogP contribution in [0.25, 0.3) is 0 Å². The van der Waals surface area contributed by atoms with Crippen LogP contribution in [0.1, 0.15) is 18.0 Å². The Hall–Kier alpha value is -2.00. The molecule has 2 aromatic carbocycles. The highest BCUT2D eigenvalue weighted by Crippen LogP contribution is 2.29. The number of ether oxygens (including phenoxy) is 1. The Balaban J connectivity index is 2.22. The lowest BCUT2D eigenvalue weighted by atomic mass is 10.0. The SMILES string of the molecule is COc1ccc(N(C)C(CCN(C)C)c2ccccc2)cc1. The van der Waals surface area contributed by atoms with Gasteiger partial charge in [-0.1, -0.05) is 30.3 Å². The van der Waals surface area contributed by atoms with Crippen molar-refractivity contribution >= 4 is 5.69 Å². The van der Waals surface area contributed by atoms with E-state index in [0.717, 1.165) is 18.7 Å². The molecule has 3 heteroatoms. The molecule has 3 nitrogen and oxygen atoms in total. The number of rotatable bonds is 7. The largest absolute Gasteiger partial charge is 0.497 e. The molecule has 1 atom stereocenters. The molecule has 118 valence electrons. The first kappa shape index (κ1) is 16.4. The average molecular weight is 298 g/mol. The van der Waals surface area contributed by atoms with Crippen LogP contribution in [0.15, 0.2) is 54.6 Å². The Morgan fingerprint density at radius 3 is 2.09 bits per heavy atom. The van der Waals surface area contributed by atoms with Crippen molar-refractivity contribution in [2.75, 3.05) is 39.7 Å². The van der Waals surface area contributed by atoms with Gasteiger partial charge in [-0.05, 0) is 56.9 Å². The maximum atomic E-state index is 5.25. The summed E-state index contributed by atoms with van der Waals surface area (Å²) in [7, 11) is 8.10. The third-order valence-corrected chi connectivity index (χ3v) is 3.98. The molecule has 0 bridgehead atoms. The van der Waals surface area contributed by atoms with Crippen molar-refractivity contribution < 1.29 is 4.74 Å². The number of benzene rings is 2. The highest BCUT2D eigenvalue weighted by Gasteiger charge is 2.17. The van der Waals surface area contributed by atoms with Gasteiger partial charge >= 0.3 is 0 Å². The lowest BCUT2D eigenvalue weighted by Crippen LogP contribution is -2.27. The molecule has 1 unspecified atom stereocenters. The van der Waals surface area contributed by atoms with Crippen LogP contribution in [-0.2, 0) is 0 Å². The molecule has 0 saturated carbocycles. The molecule has 0 amide bonds. The zero-order chi connectivity index (χ0) is 15.9. The lowest BCUT2D eigenvalue weighted by Gasteiger charge is -2.31. The molecule has 0 N–H and O–H groups in total. The molecule has 0 fully saturated rings. The van der Waals surface area contributed by atoms with Crippen LogP contribution >= 0.6 is 0 Å². The molecule has 0 aliphatic rings. The summed E-state index contributed by atoms with van der Waals surface area (Å²) in [6.45, 7) is 1.06. The zero-order valence-corrected chi connectivity index (χ0v) is 14.0. The van der Waals surface area contributed by atoms with E-state index in [0.29, 0.717) is 6.04 Å². The fourth-order valence-corrected chi connectivity index (χ4v) is 2.64. The van der Waals surface area contributed by atoms with E-state index in [1.54, 1.807) is 7.11 Å². The topological polar surface area (TPSA) is 15.7 Å². The van der Waals surface area contributed by atoms with E-state index in [1.807, 2.05) is 12.1 Å². The van der Waals surface area contributed by atoms with Crippen LogP contribution in [0, 0.1) is 0 Å². The second-order valence-corrected chi connectivity index (χ2v) is 5.83. The Kier molecular flexibility index (Phi) is 5.84. The molecule has 0 aromatic heterocycles. The Morgan fingerprint density at radius 2 is 1.55 bits per heavy atom. The molecule has 0 saturated heterocycles. The van der Waals surface area contributed by atoms with E-state index in [9.17, 15) is 0 Å². The van der Waals surface area contributed by atoms with Crippen LogP contribution in [0.4, 0.5) is 5.69 Å². The summed E-state index contributed by atoms with van der Waals surface area (Å²) in [5, 5.41) is 0. The van der Waals surface area contributed by atoms with Gasteiger partial charge in [-0.3, -0.25) is 0 Å². The fourth-order valence-electron chi connectivity index (χ4n) is 2.64. The van der Waals surface area contributed by atoms with E-state index in [1.165, 1.54) is 11.3 Å². The standard InChI is InChI=1S/C19H26N2O/c1-20(2)15-14-19(16-8-6-5-7-9-16)21(3)17-10-12-18(22-4)13-11-17/h5-13,19H,14-15H2,1-4H3. The van der Waals surface area contributed by atoms with E-state index in [-0.39, 0.29) is 0 Å². The van der Waals surface area contributed by atoms with Crippen LogP contribution in [-0.4, -0.2) is 39.7 Å². The van der Waals surface area contributed by atoms with Crippen molar-refractivity contribution in [3.63, 3.8) is 0 Å². The van der Waals surface area contributed by atoms with Gasteiger partial charge in [0, 0.05) is 12.7 Å². The maximum absolute atomic E-state index is 5.25. The summed E-state index contributed by atoms with van der Waals surface area (Å²) in [6.07, 6.45) is 1.08. The van der Waals surface area contributed by atoms with Gasteiger partial charge in [0.05, 0.1) is 13.2 Å². The third kappa shape index (κ3) is 4.25. The van der Waals surface area contributed by atoms with E-state index < -0.39 is 0 Å². The van der Waals surface area contributed by atoms with Crippen molar-refractivity contribution in [2.45, 2.75) is 12.5 Å². The smallest absolute Gasteiger partial charge is 0.119 e. The van der Waals surface area contributed by atoms with Crippen molar-refractivity contribution in [2.24, 2.45) is 0 Å². The van der Waals surface area contributed by atoms with Gasteiger partial charge in [0.2, 0.25) is 0 Å². The van der Waals surface area contributed by atoms with E-state index in [4.69, 9.17) is 4.74 Å². The predicted octanol–water partition coefficient (Wildman–Crippen LogP) is 3.82. The summed E-state index contributed by atoms with van der Waals surface area (Å²) < 4.78 is 5.25. The highest BCUT2D eigenvalue weighted by molar-refractivity contribution is 5.50. The highest BCUT2D eigenvalue weighted by atomic mass is 16.5. The van der Waals surface area contributed by atoms with Crippen molar-refractivity contribution in [3.8, 4) is 5.75 Å². The molecule has 2 rings (SSSR count). The van der Waals surface area contributed by atoms with E-state index in [2.05, 4.69) is 73.4 Å². The minimum Gasteiger partial charge on any atom is -0.497 e. The third-order valence-electron chi connectivity index (χ3n) is 3.98. The summed E-state index contributed by atoms with van der Waals surface area (Å²) in [4.78, 5) is 4.58. The first-order valence-electron chi connectivity index (χ1n) is 7.68. The second kappa shape index (κ2) is 7.85. The monoisotopic (exact) mass is 298 g/mol. The summed E-state index contributed by atoms with van der Waals surface area (Å²) in [5.74, 6) is 0.890. The van der Waals surface area contributed by atoms with Crippen LogP contribution < -0.4 is 9.64 Å². The van der Waals surface area contributed by atoms with Crippen molar-refractivity contribution in [1.82, 2.24) is 4.90 Å². The molecular weight excluding hydrogens is 272 g/mol. The number of nitrogens with zero attached hydrogens (tertiary/aromatic N) is 2. The van der Waals surface area contributed by atoms with Gasteiger partial charge in [-0.15, -0.1) is 0 Å². The molecule has 2 aromatic rings. The molecule has 0 aliphatic heterocycles. The molecule has 0 radical (unpaired) electrons. The second-order valence-electron chi connectivity index (χ2n) is 5.83. The normalized spacial score (nSPS) is 12.2. The first-order valence-corrected chi connectivity index (χ1v) is 7.68. The fraction of sp³-hybridized carbons (Fsp3) is 0.368. The van der Waals surface area contributed by atoms with Crippen molar-refractivity contribution in [3.05, 3.63) is 60.2 Å². The van der Waals surface area contributed by atoms with Gasteiger partial charge < -0.3 is 14.5 Å². The lowest BCUT2D eigenvalue weighted by molar-refractivity contribution is 0.379. The first-order chi connectivity index (χ1) is 10.6. The molecular formula is C19H26N2O. The molecule has 22 heavy (non-hydrogen) atoms. The summed E-state index contributed by atoms with van der Waals surface area (Å²) in [6, 6.07) is 19.3. The number of methoxy groups -OCH3 is 1. The number of hydrogen-bond acceptors (Lipinski definition) is 3. The van der Waals surface area contributed by atoms with Gasteiger partial charge in [0.25, 0.3) is 0 Å². The minimum absolute atomic E-state index is 0.358. The average Bonchev–Trinajstić information content (AvgIpc) is 2.55. The molecule has 0 aliphatic carbocycles. The van der Waals surface area contributed by atoms with Crippen LogP contribution in [0.2, 0.25) is 0 Å².